The third kappa shape index (κ3) is 17.6. The van der Waals surface area contributed by atoms with Gasteiger partial charge in [-0.3, -0.25) is 0 Å². The first-order valence-electron chi connectivity index (χ1n) is 15.3. The number of carboxylic acids is 1. The molecule has 6 nitrogen and oxygen atoms in total. The number of carboxylic acid groups (broad SMARTS) is 1. The van der Waals surface area contributed by atoms with E-state index in [0.717, 1.165) is 56.1 Å². The van der Waals surface area contributed by atoms with Crippen LogP contribution in [0.2, 0.25) is 0 Å². The Bertz CT molecular complexity index is 1120. The van der Waals surface area contributed by atoms with Crippen LogP contribution in [-0.2, 0) is 20.9 Å². The Morgan fingerprint density at radius 2 is 1.63 bits per heavy atom. The first kappa shape index (κ1) is 37.9. The highest BCUT2D eigenvalue weighted by Gasteiger charge is 2.18. The van der Waals surface area contributed by atoms with Crippen LogP contribution in [-0.4, -0.2) is 44.6 Å². The van der Waals surface area contributed by atoms with E-state index >= 15 is 0 Å². The summed E-state index contributed by atoms with van der Waals surface area (Å²) >= 11 is 0. The zero-order valence-electron chi connectivity index (χ0n) is 28.0. The van der Waals surface area contributed by atoms with Crippen LogP contribution in [0.15, 0.2) is 77.5 Å². The van der Waals surface area contributed by atoms with Gasteiger partial charge in [0.25, 0.3) is 0 Å². The summed E-state index contributed by atoms with van der Waals surface area (Å²) in [4.78, 5) is 11.6. The predicted octanol–water partition coefficient (Wildman–Crippen LogP) is 9.42. The lowest BCUT2D eigenvalue weighted by Gasteiger charge is -2.20. The van der Waals surface area contributed by atoms with Crippen molar-refractivity contribution in [2.45, 2.75) is 99.2 Å². The zero-order valence-corrected chi connectivity index (χ0v) is 28.0. The lowest BCUT2D eigenvalue weighted by Crippen LogP contribution is -2.29. The molecule has 0 radical (unpaired) electrons. The van der Waals surface area contributed by atoms with E-state index in [1.54, 1.807) is 20.3 Å². The highest BCUT2D eigenvalue weighted by Crippen LogP contribution is 2.29. The molecule has 1 unspecified atom stereocenters. The number of benzene rings is 1. The molecule has 0 bridgehead atoms. The molecule has 0 aliphatic heterocycles. The summed E-state index contributed by atoms with van der Waals surface area (Å²) in [6, 6.07) is 5.45. The molecule has 1 atom stereocenters. The Morgan fingerprint density at radius 3 is 2.28 bits per heavy atom. The molecule has 0 heterocycles. The van der Waals surface area contributed by atoms with Gasteiger partial charge in [0.1, 0.15) is 0 Å². The predicted molar refractivity (Wildman–Crippen MR) is 178 cm³/mol. The number of methoxy groups -OCH3 is 2. The average Bonchev–Trinajstić information content (AvgIpc) is 2.96. The van der Waals surface area contributed by atoms with Crippen molar-refractivity contribution in [1.82, 2.24) is 0 Å². The average molecular weight is 597 g/mol. The number of allylic oxidation sites excluding steroid dienone is 8. The molecule has 43 heavy (non-hydrogen) atoms. The Hall–Kier alpha value is -3.09. The fourth-order valence-electron chi connectivity index (χ4n) is 4.26. The summed E-state index contributed by atoms with van der Waals surface area (Å²) in [5.41, 5.74) is 6.22. The van der Waals surface area contributed by atoms with Crippen molar-refractivity contribution >= 4 is 5.97 Å². The van der Waals surface area contributed by atoms with Crippen molar-refractivity contribution in [3.8, 4) is 11.5 Å². The van der Waals surface area contributed by atoms with Gasteiger partial charge in [0.2, 0.25) is 0 Å². The molecule has 0 aliphatic carbocycles. The fraction of sp³-hybridized carbons (Fsp3) is 0.541. The van der Waals surface area contributed by atoms with Gasteiger partial charge in [-0.1, -0.05) is 79.2 Å². The summed E-state index contributed by atoms with van der Waals surface area (Å²) in [6.07, 6.45) is 17.2. The molecule has 240 valence electrons. The lowest BCUT2D eigenvalue weighted by molar-refractivity contribution is -0.154. The highest BCUT2D eigenvalue weighted by atomic mass is 16.5. The van der Waals surface area contributed by atoms with E-state index in [1.807, 2.05) is 25.1 Å². The van der Waals surface area contributed by atoms with Crippen molar-refractivity contribution in [1.29, 1.82) is 0 Å². The van der Waals surface area contributed by atoms with Gasteiger partial charge >= 0.3 is 5.97 Å². The van der Waals surface area contributed by atoms with Crippen LogP contribution in [0.25, 0.3) is 0 Å². The van der Waals surface area contributed by atoms with Crippen LogP contribution < -0.4 is 9.47 Å². The second-order valence-electron chi connectivity index (χ2n) is 12.2. The molecule has 0 aromatic heterocycles. The molecule has 1 aromatic carbocycles. The zero-order chi connectivity index (χ0) is 32.3. The largest absolute Gasteiger partial charge is 0.493 e. The third-order valence-corrected chi connectivity index (χ3v) is 7.22. The Labute approximate surface area is 261 Å². The first-order chi connectivity index (χ1) is 20.4. The van der Waals surface area contributed by atoms with Crippen LogP contribution in [0.4, 0.5) is 0 Å². The van der Waals surface area contributed by atoms with Crippen LogP contribution in [0.5, 0.6) is 11.5 Å². The number of hydrogen-bond donors (Lipinski definition) is 1. The van der Waals surface area contributed by atoms with E-state index in [4.69, 9.17) is 18.9 Å². The van der Waals surface area contributed by atoms with Crippen LogP contribution in [0.1, 0.15) is 92.1 Å². The van der Waals surface area contributed by atoms with Gasteiger partial charge in [0, 0.05) is 0 Å². The molecule has 6 heteroatoms. The molecular weight excluding hydrogens is 540 g/mol. The molecule has 1 rings (SSSR count). The van der Waals surface area contributed by atoms with Crippen molar-refractivity contribution in [2.75, 3.05) is 27.4 Å². The Kier molecular flexibility index (Phi) is 18.3. The minimum absolute atomic E-state index is 0.0486. The summed E-state index contributed by atoms with van der Waals surface area (Å²) in [6.45, 7) is 17.8. The van der Waals surface area contributed by atoms with Crippen molar-refractivity contribution in [2.24, 2.45) is 5.41 Å². The monoisotopic (exact) mass is 596 g/mol. The quantitative estimate of drug-likeness (QED) is 0.134. The molecule has 0 saturated carbocycles. The second-order valence-corrected chi connectivity index (χ2v) is 12.2. The van der Waals surface area contributed by atoms with E-state index in [0.29, 0.717) is 11.5 Å². The normalized spacial score (nSPS) is 13.2. The molecule has 0 spiro atoms. The Morgan fingerprint density at radius 1 is 0.953 bits per heavy atom. The number of ether oxygens (including phenoxy) is 4. The summed E-state index contributed by atoms with van der Waals surface area (Å²) < 4.78 is 21.8. The molecule has 0 aliphatic rings. The smallest absolute Gasteiger partial charge is 0.335 e. The SMILES string of the molecule is C=C(CC=C(C)CCC=C(C)C)CCC(C)(C)C=CCCC(C)=CCOC(COCc1ccc(OC)c(OC)c1)C(=O)O. The van der Waals surface area contributed by atoms with Gasteiger partial charge in [-0.05, 0) is 95.8 Å². The Balaban J connectivity index is 2.39. The molecule has 1 N–H and O–H groups in total. The standard InChI is InChI=1S/C37H56O6/c1-28(2)13-12-15-29(3)16-17-31(5)20-23-37(6,7)22-11-10-14-30(4)21-24-43-35(36(38)39)27-42-26-32-18-19-33(40-8)34(25-32)41-9/h11,13,16,18-19,21-22,25,35H,5,10,12,14-15,17,20,23-24,26-27H2,1-4,6-9H3,(H,38,39). The minimum atomic E-state index is -1.04. The van der Waals surface area contributed by atoms with Crippen molar-refractivity contribution in [3.63, 3.8) is 0 Å². The van der Waals surface area contributed by atoms with Gasteiger partial charge in [0.05, 0.1) is 34.0 Å². The highest BCUT2D eigenvalue weighted by molar-refractivity contribution is 5.72. The second kappa shape index (κ2) is 20.8. The van der Waals surface area contributed by atoms with Gasteiger partial charge in [-0.2, -0.15) is 0 Å². The topological polar surface area (TPSA) is 74.2 Å². The number of hydrogen-bond acceptors (Lipinski definition) is 5. The summed E-state index contributed by atoms with van der Waals surface area (Å²) in [5, 5.41) is 9.53. The maximum Gasteiger partial charge on any atom is 0.335 e. The van der Waals surface area contributed by atoms with Crippen LogP contribution in [0.3, 0.4) is 0 Å². The van der Waals surface area contributed by atoms with E-state index < -0.39 is 12.1 Å². The molecule has 0 saturated heterocycles. The van der Waals surface area contributed by atoms with E-state index in [1.165, 1.54) is 16.7 Å². The van der Waals surface area contributed by atoms with Crippen LogP contribution in [0, 0.1) is 5.41 Å². The first-order valence-corrected chi connectivity index (χ1v) is 15.3. The van der Waals surface area contributed by atoms with Gasteiger partial charge in [-0.25, -0.2) is 4.79 Å². The molecule has 1 aromatic rings. The number of rotatable bonds is 22. The summed E-state index contributed by atoms with van der Waals surface area (Å²) in [7, 11) is 3.14. The fourth-order valence-corrected chi connectivity index (χ4v) is 4.26. The van der Waals surface area contributed by atoms with Gasteiger partial charge in [0.15, 0.2) is 17.6 Å². The maximum atomic E-state index is 11.6. The number of aliphatic carboxylic acids is 1. The van der Waals surface area contributed by atoms with E-state index in [9.17, 15) is 9.90 Å². The summed E-state index contributed by atoms with van der Waals surface area (Å²) in [5.74, 6) is 0.178. The van der Waals surface area contributed by atoms with Crippen LogP contribution >= 0.6 is 0 Å². The molecule has 0 amide bonds. The molecular formula is C37H56O6. The maximum absolute atomic E-state index is 11.6. The van der Waals surface area contributed by atoms with Crippen molar-refractivity contribution in [3.05, 3.63) is 83.0 Å². The minimum Gasteiger partial charge on any atom is -0.493 e. The van der Waals surface area contributed by atoms with E-state index in [2.05, 4.69) is 65.5 Å². The van der Waals surface area contributed by atoms with E-state index in [-0.39, 0.29) is 25.2 Å². The molecule has 0 fully saturated rings. The van der Waals surface area contributed by atoms with Crippen molar-refractivity contribution < 1.29 is 28.8 Å². The third-order valence-electron chi connectivity index (χ3n) is 7.22. The van der Waals surface area contributed by atoms with Gasteiger partial charge in [-0.15, -0.1) is 0 Å². The van der Waals surface area contributed by atoms with Gasteiger partial charge < -0.3 is 24.1 Å². The lowest BCUT2D eigenvalue weighted by atomic mass is 9.85. The number of carbonyl (C=O) groups is 1.